The molecule has 0 amide bonds. The van der Waals surface area contributed by atoms with Crippen molar-refractivity contribution in [2.24, 2.45) is 16.3 Å². The predicted molar refractivity (Wildman–Crippen MR) is 85.6 cm³/mol. The third-order valence-corrected chi connectivity index (χ3v) is 5.83. The Kier molecular flexibility index (Phi) is 4.19. The summed E-state index contributed by atoms with van der Waals surface area (Å²) >= 11 is 1.20. The molecule has 0 aromatic heterocycles. The first-order valence-electron chi connectivity index (χ1n) is 7.49. The van der Waals surface area contributed by atoms with E-state index in [9.17, 15) is 8.78 Å². The average molecular weight is 394 g/mol. The first-order valence-corrected chi connectivity index (χ1v) is 8.57. The summed E-state index contributed by atoms with van der Waals surface area (Å²) in [6, 6.07) is 0. The SMILES string of the molecule is FC(F)(I)C1=CN=C(CC2CCC3(CC2)CNC3)CC1. The van der Waals surface area contributed by atoms with Gasteiger partial charge in [-0.05, 0) is 56.3 Å². The third kappa shape index (κ3) is 3.24. The highest BCUT2D eigenvalue weighted by Crippen LogP contribution is 2.43. The van der Waals surface area contributed by atoms with E-state index in [1.54, 1.807) is 0 Å². The lowest BCUT2D eigenvalue weighted by molar-refractivity contribution is 0.0833. The zero-order valence-electron chi connectivity index (χ0n) is 11.6. The van der Waals surface area contributed by atoms with Crippen LogP contribution in [0.3, 0.4) is 0 Å². The molecule has 20 heavy (non-hydrogen) atoms. The van der Waals surface area contributed by atoms with Crippen LogP contribution in [0.2, 0.25) is 0 Å². The molecule has 0 bridgehead atoms. The molecule has 3 aliphatic rings. The van der Waals surface area contributed by atoms with Gasteiger partial charge in [-0.25, -0.2) is 0 Å². The van der Waals surface area contributed by atoms with E-state index in [-0.39, 0.29) is 5.57 Å². The highest BCUT2D eigenvalue weighted by molar-refractivity contribution is 14.1. The molecule has 112 valence electrons. The van der Waals surface area contributed by atoms with Crippen LogP contribution in [0.25, 0.3) is 0 Å². The van der Waals surface area contributed by atoms with E-state index < -0.39 is 3.93 Å². The molecule has 2 fully saturated rings. The first kappa shape index (κ1) is 14.9. The van der Waals surface area contributed by atoms with E-state index >= 15 is 0 Å². The van der Waals surface area contributed by atoms with Gasteiger partial charge in [0.1, 0.15) is 0 Å². The van der Waals surface area contributed by atoms with Crippen LogP contribution in [0.15, 0.2) is 16.8 Å². The maximum atomic E-state index is 13.2. The molecule has 1 N–H and O–H groups in total. The molecule has 2 aliphatic heterocycles. The van der Waals surface area contributed by atoms with Crippen molar-refractivity contribution in [2.45, 2.75) is 48.9 Å². The molecule has 0 aromatic rings. The molecular weight excluding hydrogens is 373 g/mol. The van der Waals surface area contributed by atoms with Crippen molar-refractivity contribution in [3.8, 4) is 0 Å². The van der Waals surface area contributed by atoms with E-state index in [0.29, 0.717) is 18.3 Å². The van der Waals surface area contributed by atoms with Gasteiger partial charge in [0.2, 0.25) is 0 Å². The lowest BCUT2D eigenvalue weighted by Gasteiger charge is -2.47. The van der Waals surface area contributed by atoms with Crippen LogP contribution < -0.4 is 5.32 Å². The van der Waals surface area contributed by atoms with Gasteiger partial charge in [-0.15, -0.1) is 0 Å². The summed E-state index contributed by atoms with van der Waals surface area (Å²) in [4.78, 5) is 4.30. The maximum Gasteiger partial charge on any atom is 0.319 e. The van der Waals surface area contributed by atoms with Crippen molar-refractivity contribution in [2.75, 3.05) is 13.1 Å². The maximum absolute atomic E-state index is 13.2. The van der Waals surface area contributed by atoms with Gasteiger partial charge in [0.05, 0.1) is 0 Å². The Bertz CT molecular complexity index is 426. The van der Waals surface area contributed by atoms with Crippen LogP contribution in [-0.4, -0.2) is 22.7 Å². The van der Waals surface area contributed by atoms with E-state index in [1.165, 1.54) is 67.6 Å². The van der Waals surface area contributed by atoms with Gasteiger partial charge >= 0.3 is 3.93 Å². The van der Waals surface area contributed by atoms with Crippen LogP contribution in [0, 0.1) is 11.3 Å². The number of hydrogen-bond acceptors (Lipinski definition) is 2. The van der Waals surface area contributed by atoms with Crippen LogP contribution in [-0.2, 0) is 0 Å². The van der Waals surface area contributed by atoms with E-state index in [0.717, 1.165) is 18.1 Å². The molecule has 5 heteroatoms. The summed E-state index contributed by atoms with van der Waals surface area (Å²) in [6.07, 6.45) is 8.81. The number of nitrogens with zero attached hydrogens (tertiary/aromatic N) is 1. The lowest BCUT2D eigenvalue weighted by Crippen LogP contribution is -2.54. The number of nitrogens with one attached hydrogen (secondary N) is 1. The summed E-state index contributed by atoms with van der Waals surface area (Å²) in [5.41, 5.74) is 1.90. The molecule has 3 rings (SSSR count). The van der Waals surface area contributed by atoms with Gasteiger partial charge in [-0.3, -0.25) is 4.99 Å². The normalized spacial score (nSPS) is 26.9. The molecule has 1 spiro atoms. The summed E-state index contributed by atoms with van der Waals surface area (Å²) in [6.45, 7) is 2.38. The van der Waals surface area contributed by atoms with E-state index in [1.807, 2.05) is 0 Å². The average Bonchev–Trinajstić information content (AvgIpc) is 2.37. The smallest absolute Gasteiger partial charge is 0.316 e. The Balaban J connectivity index is 1.52. The number of aliphatic imine (C=N–C) groups is 1. The highest BCUT2D eigenvalue weighted by Gasteiger charge is 2.40. The van der Waals surface area contributed by atoms with Gasteiger partial charge in [-0.1, -0.05) is 0 Å². The Hall–Kier alpha value is -0.0400. The van der Waals surface area contributed by atoms with Crippen LogP contribution in [0.4, 0.5) is 8.78 Å². The Morgan fingerprint density at radius 2 is 2.00 bits per heavy atom. The monoisotopic (exact) mass is 394 g/mol. The van der Waals surface area contributed by atoms with Crippen molar-refractivity contribution in [1.29, 1.82) is 0 Å². The van der Waals surface area contributed by atoms with Crippen LogP contribution in [0.5, 0.6) is 0 Å². The minimum absolute atomic E-state index is 0.171. The number of allylic oxidation sites excluding steroid dienone is 1. The number of rotatable bonds is 3. The zero-order valence-corrected chi connectivity index (χ0v) is 13.8. The van der Waals surface area contributed by atoms with Crippen molar-refractivity contribution < 1.29 is 8.78 Å². The van der Waals surface area contributed by atoms with Crippen LogP contribution >= 0.6 is 22.6 Å². The Labute approximate surface area is 132 Å². The first-order chi connectivity index (χ1) is 9.47. The molecule has 1 saturated heterocycles. The molecule has 2 heterocycles. The molecule has 2 nitrogen and oxygen atoms in total. The van der Waals surface area contributed by atoms with Crippen molar-refractivity contribution in [1.82, 2.24) is 5.32 Å². The predicted octanol–water partition coefficient (Wildman–Crippen LogP) is 4.30. The van der Waals surface area contributed by atoms with Gasteiger partial charge in [0.25, 0.3) is 0 Å². The van der Waals surface area contributed by atoms with Crippen molar-refractivity contribution >= 4 is 28.3 Å². The van der Waals surface area contributed by atoms with E-state index in [4.69, 9.17) is 0 Å². The van der Waals surface area contributed by atoms with Gasteiger partial charge in [0.15, 0.2) is 0 Å². The largest absolute Gasteiger partial charge is 0.319 e. The molecule has 1 saturated carbocycles. The summed E-state index contributed by atoms with van der Waals surface area (Å²) in [5.74, 6) is 0.718. The fraction of sp³-hybridized carbons (Fsp3) is 0.800. The standard InChI is InChI=1S/C15H21F2IN2/c16-15(17,18)12-1-2-13(20-8-12)7-11-3-5-14(6-4-11)9-19-10-14/h8,11,19H,1-7,9-10H2. The Morgan fingerprint density at radius 3 is 2.45 bits per heavy atom. The zero-order chi connectivity index (χ0) is 14.2. The molecule has 0 aromatic carbocycles. The molecule has 0 radical (unpaired) electrons. The van der Waals surface area contributed by atoms with Crippen molar-refractivity contribution in [3.05, 3.63) is 11.8 Å². The minimum Gasteiger partial charge on any atom is -0.316 e. The second kappa shape index (κ2) is 5.63. The highest BCUT2D eigenvalue weighted by atomic mass is 127. The second-order valence-corrected chi connectivity index (χ2v) is 7.95. The molecular formula is C15H21F2IN2. The second-order valence-electron chi connectivity index (χ2n) is 6.60. The van der Waals surface area contributed by atoms with Crippen LogP contribution in [0.1, 0.15) is 44.9 Å². The molecule has 0 atom stereocenters. The lowest BCUT2D eigenvalue weighted by atomic mass is 9.66. The number of hydrogen-bond donors (Lipinski definition) is 1. The number of halogens is 3. The van der Waals surface area contributed by atoms with Gasteiger partial charge in [0, 0.05) is 53.2 Å². The minimum atomic E-state index is -2.73. The van der Waals surface area contributed by atoms with E-state index in [2.05, 4.69) is 10.3 Å². The topological polar surface area (TPSA) is 24.4 Å². The summed E-state index contributed by atoms with van der Waals surface area (Å²) in [7, 11) is 0. The Morgan fingerprint density at radius 1 is 1.30 bits per heavy atom. The molecule has 1 aliphatic carbocycles. The van der Waals surface area contributed by atoms with Crippen molar-refractivity contribution in [3.63, 3.8) is 0 Å². The summed E-state index contributed by atoms with van der Waals surface area (Å²) in [5, 5.41) is 3.38. The quantitative estimate of drug-likeness (QED) is 0.560. The third-order valence-electron chi connectivity index (χ3n) is 5.14. The van der Waals surface area contributed by atoms with Gasteiger partial charge in [-0.2, -0.15) is 8.78 Å². The fourth-order valence-corrected chi connectivity index (χ4v) is 4.02. The molecule has 0 unspecified atom stereocenters. The fourth-order valence-electron chi connectivity index (χ4n) is 3.61. The van der Waals surface area contributed by atoms with Gasteiger partial charge < -0.3 is 5.32 Å². The number of alkyl halides is 3. The summed E-state index contributed by atoms with van der Waals surface area (Å²) < 4.78 is 23.6.